The molecular formula is C21H22N2O6. The second-order valence-corrected chi connectivity index (χ2v) is 6.46. The predicted octanol–water partition coefficient (Wildman–Crippen LogP) is 3.33. The molecule has 1 N–H and O–H groups in total. The summed E-state index contributed by atoms with van der Waals surface area (Å²) >= 11 is 0. The lowest BCUT2D eigenvalue weighted by Gasteiger charge is -2.13. The molecule has 1 amide bonds. The molecule has 0 aliphatic carbocycles. The lowest BCUT2D eigenvalue weighted by atomic mass is 10.2. The minimum Gasteiger partial charge on any atom is -0.489 e. The van der Waals surface area contributed by atoms with E-state index in [4.69, 9.17) is 18.4 Å². The Labute approximate surface area is 167 Å². The van der Waals surface area contributed by atoms with Crippen molar-refractivity contribution in [1.82, 2.24) is 10.5 Å². The number of nitrogens with zero attached hydrogens (tertiary/aromatic N) is 1. The minimum absolute atomic E-state index is 0.227. The molecule has 0 saturated heterocycles. The molecule has 0 bridgehead atoms. The Hall–Kier alpha value is -3.55. The number of rotatable bonds is 8. The van der Waals surface area contributed by atoms with Gasteiger partial charge in [0.2, 0.25) is 0 Å². The topological polar surface area (TPSA) is 104 Å². The molecule has 0 radical (unpaired) electrons. The third-order valence-electron chi connectivity index (χ3n) is 4.32. The Kier molecular flexibility index (Phi) is 6.33. The lowest BCUT2D eigenvalue weighted by molar-refractivity contribution is -0.129. The van der Waals surface area contributed by atoms with Crippen LogP contribution in [0.5, 0.6) is 5.75 Å². The van der Waals surface area contributed by atoms with Gasteiger partial charge >= 0.3 is 5.97 Å². The summed E-state index contributed by atoms with van der Waals surface area (Å²) in [4.78, 5) is 24.3. The highest BCUT2D eigenvalue weighted by atomic mass is 16.5. The molecular weight excluding hydrogens is 376 g/mol. The molecule has 0 spiro atoms. The summed E-state index contributed by atoms with van der Waals surface area (Å²) in [5, 5.41) is 6.53. The van der Waals surface area contributed by atoms with E-state index in [1.54, 1.807) is 36.4 Å². The van der Waals surface area contributed by atoms with Gasteiger partial charge in [0.25, 0.3) is 5.91 Å². The van der Waals surface area contributed by atoms with Crippen molar-refractivity contribution in [3.63, 3.8) is 0 Å². The van der Waals surface area contributed by atoms with Gasteiger partial charge < -0.3 is 23.7 Å². The fourth-order valence-corrected chi connectivity index (χ4v) is 2.56. The van der Waals surface area contributed by atoms with Gasteiger partial charge in [-0.05, 0) is 57.2 Å². The van der Waals surface area contributed by atoms with Crippen LogP contribution in [0, 0.1) is 13.8 Å². The van der Waals surface area contributed by atoms with Crippen LogP contribution < -0.4 is 10.1 Å². The highest BCUT2D eigenvalue weighted by Gasteiger charge is 2.19. The van der Waals surface area contributed by atoms with Crippen molar-refractivity contribution < 1.29 is 28.0 Å². The smallest absolute Gasteiger partial charge is 0.338 e. The Balaban J connectivity index is 1.49. The molecule has 0 aliphatic rings. The molecule has 0 saturated carbocycles. The van der Waals surface area contributed by atoms with Crippen LogP contribution in [0.3, 0.4) is 0 Å². The quantitative estimate of drug-likeness (QED) is 0.581. The van der Waals surface area contributed by atoms with Gasteiger partial charge in [0, 0.05) is 0 Å². The zero-order valence-electron chi connectivity index (χ0n) is 16.4. The van der Waals surface area contributed by atoms with Crippen molar-refractivity contribution in [2.24, 2.45) is 0 Å². The zero-order valence-corrected chi connectivity index (χ0v) is 16.4. The number of nitrogens with one attached hydrogen (secondary N) is 1. The molecule has 29 heavy (non-hydrogen) atoms. The Morgan fingerprint density at radius 3 is 2.55 bits per heavy atom. The number of ether oxygens (including phenoxy) is 2. The molecule has 8 nitrogen and oxygen atoms in total. The third-order valence-corrected chi connectivity index (χ3v) is 4.32. The van der Waals surface area contributed by atoms with E-state index >= 15 is 0 Å². The molecule has 2 heterocycles. The fraction of sp³-hybridized carbons (Fsp3) is 0.286. The van der Waals surface area contributed by atoms with Crippen LogP contribution in [0.25, 0.3) is 0 Å². The Bertz CT molecular complexity index is 940. The predicted molar refractivity (Wildman–Crippen MR) is 102 cm³/mol. The van der Waals surface area contributed by atoms with Gasteiger partial charge in [-0.2, -0.15) is 0 Å². The summed E-state index contributed by atoms with van der Waals surface area (Å²) < 4.78 is 21.2. The SMILES string of the molecule is Cc1noc(C)c1COc1ccc(C(=O)O[C@H](C)C(=O)NCc2ccco2)cc1. The second kappa shape index (κ2) is 9.09. The maximum Gasteiger partial charge on any atom is 0.338 e. The van der Waals surface area contributed by atoms with Crippen LogP contribution >= 0.6 is 0 Å². The van der Waals surface area contributed by atoms with Crippen molar-refractivity contribution in [3.8, 4) is 5.75 Å². The lowest BCUT2D eigenvalue weighted by Crippen LogP contribution is -2.35. The normalized spacial score (nSPS) is 11.7. The molecule has 0 fully saturated rings. The van der Waals surface area contributed by atoms with Crippen LogP contribution in [0.2, 0.25) is 0 Å². The van der Waals surface area contributed by atoms with Crippen LogP contribution in [0.15, 0.2) is 51.6 Å². The first-order valence-corrected chi connectivity index (χ1v) is 9.09. The number of amides is 1. The second-order valence-electron chi connectivity index (χ2n) is 6.46. The Morgan fingerprint density at radius 1 is 1.17 bits per heavy atom. The molecule has 8 heteroatoms. The number of aryl methyl sites for hydroxylation is 2. The number of hydrogen-bond donors (Lipinski definition) is 1. The van der Waals surface area contributed by atoms with Crippen molar-refractivity contribution >= 4 is 11.9 Å². The standard InChI is InChI=1S/C21H22N2O6/c1-13-19(14(2)29-23-13)12-27-17-8-6-16(7-9-17)21(25)28-15(3)20(24)22-11-18-5-4-10-26-18/h4-10,15H,11-12H2,1-3H3,(H,22,24)/t15-/m1/s1. The van der Waals surface area contributed by atoms with E-state index in [9.17, 15) is 9.59 Å². The van der Waals surface area contributed by atoms with Gasteiger partial charge in [-0.3, -0.25) is 4.79 Å². The fourth-order valence-electron chi connectivity index (χ4n) is 2.56. The summed E-state index contributed by atoms with van der Waals surface area (Å²) in [5.74, 6) is 0.911. The molecule has 2 aromatic heterocycles. The van der Waals surface area contributed by atoms with Crippen molar-refractivity contribution in [3.05, 3.63) is 71.0 Å². The maximum absolute atomic E-state index is 12.3. The molecule has 1 atom stereocenters. The van der Waals surface area contributed by atoms with E-state index in [2.05, 4.69) is 10.5 Å². The van der Waals surface area contributed by atoms with Crippen molar-refractivity contribution in [2.45, 2.75) is 40.0 Å². The number of hydrogen-bond acceptors (Lipinski definition) is 7. The van der Waals surface area contributed by atoms with E-state index < -0.39 is 18.0 Å². The first-order valence-electron chi connectivity index (χ1n) is 9.09. The van der Waals surface area contributed by atoms with Gasteiger partial charge in [-0.15, -0.1) is 0 Å². The van der Waals surface area contributed by atoms with Crippen LogP contribution in [0.1, 0.15) is 40.1 Å². The van der Waals surface area contributed by atoms with Gasteiger partial charge in [0.1, 0.15) is 23.9 Å². The molecule has 1 aromatic carbocycles. The largest absolute Gasteiger partial charge is 0.489 e. The van der Waals surface area contributed by atoms with Crippen LogP contribution in [0.4, 0.5) is 0 Å². The monoisotopic (exact) mass is 398 g/mol. The first-order chi connectivity index (χ1) is 13.9. The number of aromatic nitrogens is 1. The highest BCUT2D eigenvalue weighted by Crippen LogP contribution is 2.18. The van der Waals surface area contributed by atoms with E-state index in [-0.39, 0.29) is 6.54 Å². The van der Waals surface area contributed by atoms with Crippen LogP contribution in [-0.4, -0.2) is 23.1 Å². The van der Waals surface area contributed by atoms with Crippen LogP contribution in [-0.2, 0) is 22.7 Å². The van der Waals surface area contributed by atoms with E-state index in [1.165, 1.54) is 13.2 Å². The summed E-state index contributed by atoms with van der Waals surface area (Å²) in [6.45, 7) is 5.73. The molecule has 0 aliphatic heterocycles. The Morgan fingerprint density at radius 2 is 1.93 bits per heavy atom. The van der Waals surface area contributed by atoms with E-state index in [0.717, 1.165) is 11.3 Å². The number of carbonyl (C=O) groups is 2. The molecule has 0 unspecified atom stereocenters. The summed E-state index contributed by atoms with van der Waals surface area (Å²) in [6, 6.07) is 9.96. The van der Waals surface area contributed by atoms with E-state index in [1.807, 2.05) is 13.8 Å². The zero-order chi connectivity index (χ0) is 20.8. The highest BCUT2D eigenvalue weighted by molar-refractivity contribution is 5.92. The number of carbonyl (C=O) groups excluding carboxylic acids is 2. The van der Waals surface area contributed by atoms with Gasteiger partial charge in [-0.1, -0.05) is 5.16 Å². The van der Waals surface area contributed by atoms with Gasteiger partial charge in [-0.25, -0.2) is 4.79 Å². The molecule has 3 rings (SSSR count). The molecule has 152 valence electrons. The molecule has 3 aromatic rings. The minimum atomic E-state index is -0.937. The average Bonchev–Trinajstić information content (AvgIpc) is 3.35. The number of furan rings is 1. The van der Waals surface area contributed by atoms with Crippen molar-refractivity contribution in [1.29, 1.82) is 0 Å². The van der Waals surface area contributed by atoms with E-state index in [0.29, 0.717) is 29.4 Å². The van der Waals surface area contributed by atoms with Crippen molar-refractivity contribution in [2.75, 3.05) is 0 Å². The number of benzene rings is 1. The first kappa shape index (κ1) is 20.2. The summed E-state index contributed by atoms with van der Waals surface area (Å²) in [6.07, 6.45) is 0.583. The van der Waals surface area contributed by atoms with Gasteiger partial charge in [0.05, 0.1) is 29.6 Å². The summed E-state index contributed by atoms with van der Waals surface area (Å²) in [5.41, 5.74) is 1.99. The third kappa shape index (κ3) is 5.25. The maximum atomic E-state index is 12.3. The number of esters is 1. The average molecular weight is 398 g/mol. The van der Waals surface area contributed by atoms with Gasteiger partial charge in [0.15, 0.2) is 6.10 Å². The summed E-state index contributed by atoms with van der Waals surface area (Å²) in [7, 11) is 0.